The molecular formula is C21H25NO4. The van der Waals surface area contributed by atoms with E-state index >= 15 is 0 Å². The Hall–Kier alpha value is -2.17. The Morgan fingerprint density at radius 3 is 2.08 bits per heavy atom. The van der Waals surface area contributed by atoms with Gasteiger partial charge in [-0.15, -0.1) is 0 Å². The Morgan fingerprint density at radius 2 is 1.58 bits per heavy atom. The third kappa shape index (κ3) is 2.74. The molecule has 4 atom stereocenters. The maximum absolute atomic E-state index is 12.6. The first kappa shape index (κ1) is 17.3. The molecule has 5 nitrogen and oxygen atoms in total. The standard InChI is InChI=1S/C21H25NO4/c1-21(2,3)14-6-8-15(9-7-14)26-16(23)11-22-19(24)17-12-4-5-13(10-12)18(17)20(22)25/h6-9,12-13,17-18H,4-5,10-11H2,1-3H3/t12-,13+,17+,18-. The van der Waals surface area contributed by atoms with Gasteiger partial charge in [-0.3, -0.25) is 14.5 Å². The van der Waals surface area contributed by atoms with Crippen molar-refractivity contribution in [2.75, 3.05) is 6.54 Å². The Balaban J connectivity index is 1.41. The summed E-state index contributed by atoms with van der Waals surface area (Å²) in [5.74, 6) is -0.218. The number of imide groups is 1. The van der Waals surface area contributed by atoms with Crippen LogP contribution in [0.25, 0.3) is 0 Å². The van der Waals surface area contributed by atoms with Gasteiger partial charge in [0.05, 0.1) is 11.8 Å². The van der Waals surface area contributed by atoms with Crippen molar-refractivity contribution >= 4 is 17.8 Å². The summed E-state index contributed by atoms with van der Waals surface area (Å²) in [6.45, 7) is 6.05. The van der Waals surface area contributed by atoms with Crippen LogP contribution in [0.15, 0.2) is 24.3 Å². The van der Waals surface area contributed by atoms with Crippen LogP contribution in [0.4, 0.5) is 0 Å². The van der Waals surface area contributed by atoms with Gasteiger partial charge in [-0.2, -0.15) is 0 Å². The highest BCUT2D eigenvalue weighted by Gasteiger charge is 2.61. The monoisotopic (exact) mass is 355 g/mol. The first-order chi connectivity index (χ1) is 12.3. The quantitative estimate of drug-likeness (QED) is 0.475. The fraction of sp³-hybridized carbons (Fsp3) is 0.571. The van der Waals surface area contributed by atoms with Crippen molar-refractivity contribution < 1.29 is 19.1 Å². The third-order valence-corrected chi connectivity index (χ3v) is 6.26. The lowest BCUT2D eigenvalue weighted by Crippen LogP contribution is -2.38. The van der Waals surface area contributed by atoms with E-state index < -0.39 is 5.97 Å². The summed E-state index contributed by atoms with van der Waals surface area (Å²) in [5.41, 5.74) is 1.17. The lowest BCUT2D eigenvalue weighted by Gasteiger charge is -2.19. The van der Waals surface area contributed by atoms with Crippen molar-refractivity contribution in [2.24, 2.45) is 23.7 Å². The zero-order valence-electron chi connectivity index (χ0n) is 15.5. The minimum atomic E-state index is -0.567. The number of carbonyl (C=O) groups is 3. The second-order valence-corrected chi connectivity index (χ2v) is 8.90. The maximum atomic E-state index is 12.6. The number of benzene rings is 1. The number of fused-ring (bicyclic) bond motifs is 5. The van der Waals surface area contributed by atoms with Crippen LogP contribution in [-0.2, 0) is 19.8 Å². The van der Waals surface area contributed by atoms with Crippen LogP contribution >= 0.6 is 0 Å². The summed E-state index contributed by atoms with van der Waals surface area (Å²) in [6, 6.07) is 7.36. The van der Waals surface area contributed by atoms with Gasteiger partial charge in [0.2, 0.25) is 11.8 Å². The van der Waals surface area contributed by atoms with Gasteiger partial charge in [0.15, 0.2) is 0 Å². The van der Waals surface area contributed by atoms with E-state index in [1.165, 1.54) is 0 Å². The number of rotatable bonds is 3. The minimum absolute atomic E-state index is 0.0219. The molecule has 3 fully saturated rings. The van der Waals surface area contributed by atoms with Crippen molar-refractivity contribution in [3.8, 4) is 5.75 Å². The van der Waals surface area contributed by atoms with Gasteiger partial charge < -0.3 is 4.74 Å². The predicted octanol–water partition coefficient (Wildman–Crippen LogP) is 2.92. The molecule has 26 heavy (non-hydrogen) atoms. The molecule has 5 heteroatoms. The SMILES string of the molecule is CC(C)(C)c1ccc(OC(=O)CN2C(=O)[C@@H]3[C@H]4CC[C@H](C4)[C@@H]3C2=O)cc1. The molecular weight excluding hydrogens is 330 g/mol. The summed E-state index contributed by atoms with van der Waals surface area (Å²) < 4.78 is 5.35. The topological polar surface area (TPSA) is 63.7 Å². The molecule has 1 aliphatic heterocycles. The fourth-order valence-corrected chi connectivity index (χ4v) is 4.94. The molecule has 2 aliphatic carbocycles. The van der Waals surface area contributed by atoms with Gasteiger partial charge in [0, 0.05) is 0 Å². The molecule has 0 aromatic heterocycles. The average Bonchev–Trinajstić information content (AvgIpc) is 3.24. The van der Waals surface area contributed by atoms with E-state index in [2.05, 4.69) is 20.8 Å². The number of carbonyl (C=O) groups excluding carboxylic acids is 3. The van der Waals surface area contributed by atoms with Crippen LogP contribution in [0.5, 0.6) is 5.75 Å². The number of esters is 1. The largest absolute Gasteiger partial charge is 0.425 e. The van der Waals surface area contributed by atoms with Gasteiger partial charge in [-0.25, -0.2) is 4.79 Å². The molecule has 0 radical (unpaired) electrons. The molecule has 1 aromatic rings. The number of likely N-dealkylation sites (tertiary alicyclic amines) is 1. The number of nitrogens with zero attached hydrogens (tertiary/aromatic N) is 1. The Labute approximate surface area is 153 Å². The highest BCUT2D eigenvalue weighted by atomic mass is 16.5. The molecule has 2 amide bonds. The van der Waals surface area contributed by atoms with Gasteiger partial charge in [-0.1, -0.05) is 32.9 Å². The summed E-state index contributed by atoms with van der Waals surface area (Å²) in [7, 11) is 0. The first-order valence-electron chi connectivity index (χ1n) is 9.42. The smallest absolute Gasteiger partial charge is 0.331 e. The maximum Gasteiger partial charge on any atom is 0.331 e. The number of hydrogen-bond acceptors (Lipinski definition) is 4. The Morgan fingerprint density at radius 1 is 1.04 bits per heavy atom. The van der Waals surface area contributed by atoms with Crippen LogP contribution < -0.4 is 4.74 Å². The van der Waals surface area contributed by atoms with Crippen LogP contribution in [-0.4, -0.2) is 29.2 Å². The second-order valence-electron chi connectivity index (χ2n) is 8.90. The summed E-state index contributed by atoms with van der Waals surface area (Å²) in [6.07, 6.45) is 3.05. The van der Waals surface area contributed by atoms with Crippen molar-refractivity contribution in [2.45, 2.75) is 45.4 Å². The molecule has 0 spiro atoms. The summed E-state index contributed by atoms with van der Waals surface area (Å²) >= 11 is 0. The average molecular weight is 355 g/mol. The van der Waals surface area contributed by atoms with Crippen LogP contribution in [0, 0.1) is 23.7 Å². The normalized spacial score (nSPS) is 30.0. The molecule has 0 N–H and O–H groups in total. The fourth-order valence-electron chi connectivity index (χ4n) is 4.94. The third-order valence-electron chi connectivity index (χ3n) is 6.26. The summed E-state index contributed by atoms with van der Waals surface area (Å²) in [5, 5.41) is 0. The van der Waals surface area contributed by atoms with Crippen molar-refractivity contribution in [1.82, 2.24) is 4.90 Å². The van der Waals surface area contributed by atoms with E-state index in [0.29, 0.717) is 17.6 Å². The Bertz CT molecular complexity index is 733. The van der Waals surface area contributed by atoms with E-state index in [1.807, 2.05) is 12.1 Å². The van der Waals surface area contributed by atoms with E-state index in [1.54, 1.807) is 12.1 Å². The lowest BCUT2D eigenvalue weighted by molar-refractivity contribution is -0.148. The molecule has 1 heterocycles. The van der Waals surface area contributed by atoms with Crippen molar-refractivity contribution in [1.29, 1.82) is 0 Å². The predicted molar refractivity (Wildman–Crippen MR) is 95.3 cm³/mol. The number of hydrogen-bond donors (Lipinski definition) is 0. The van der Waals surface area contributed by atoms with E-state index in [9.17, 15) is 14.4 Å². The highest BCUT2D eigenvalue weighted by molar-refractivity contribution is 6.07. The molecule has 138 valence electrons. The van der Waals surface area contributed by atoms with Gasteiger partial charge in [0.25, 0.3) is 0 Å². The van der Waals surface area contributed by atoms with Gasteiger partial charge in [-0.05, 0) is 54.2 Å². The molecule has 2 bridgehead atoms. The molecule has 3 aliphatic rings. The van der Waals surface area contributed by atoms with Crippen LogP contribution in [0.2, 0.25) is 0 Å². The van der Waals surface area contributed by atoms with Gasteiger partial charge >= 0.3 is 5.97 Å². The molecule has 0 unspecified atom stereocenters. The van der Waals surface area contributed by atoms with Crippen molar-refractivity contribution in [3.63, 3.8) is 0 Å². The number of ether oxygens (including phenoxy) is 1. The van der Waals surface area contributed by atoms with Crippen LogP contribution in [0.3, 0.4) is 0 Å². The molecule has 2 saturated carbocycles. The second kappa shape index (κ2) is 5.93. The van der Waals surface area contributed by atoms with Gasteiger partial charge in [0.1, 0.15) is 12.3 Å². The highest BCUT2D eigenvalue weighted by Crippen LogP contribution is 2.56. The zero-order valence-corrected chi connectivity index (χ0v) is 15.5. The zero-order chi connectivity index (χ0) is 18.6. The molecule has 4 rings (SSSR count). The lowest BCUT2D eigenvalue weighted by atomic mass is 9.81. The molecule has 1 aromatic carbocycles. The van der Waals surface area contributed by atoms with E-state index in [-0.39, 0.29) is 35.6 Å². The minimum Gasteiger partial charge on any atom is -0.425 e. The van der Waals surface area contributed by atoms with Crippen LogP contribution in [0.1, 0.15) is 45.6 Å². The first-order valence-corrected chi connectivity index (χ1v) is 9.42. The number of amides is 2. The molecule has 1 saturated heterocycles. The summed E-state index contributed by atoms with van der Waals surface area (Å²) in [4.78, 5) is 38.7. The Kier molecular flexibility index (Phi) is 3.94. The van der Waals surface area contributed by atoms with E-state index in [4.69, 9.17) is 4.74 Å². The van der Waals surface area contributed by atoms with Crippen molar-refractivity contribution in [3.05, 3.63) is 29.8 Å². The van der Waals surface area contributed by atoms with E-state index in [0.717, 1.165) is 29.7 Å².